The maximum absolute atomic E-state index is 12.6. The number of rotatable bonds is 12. The number of Topliss-reactive ketones (excluding diaryl/α,β-unsaturated/α-hetero) is 2. The van der Waals surface area contributed by atoms with Crippen LogP contribution in [0.3, 0.4) is 0 Å². The average Bonchev–Trinajstić information content (AvgIpc) is 3.65. The first-order valence-corrected chi connectivity index (χ1v) is 17.3. The molecule has 0 bridgehead atoms. The largest absolute Gasteiger partial charge is 0.396 e. The van der Waals surface area contributed by atoms with E-state index in [1.165, 1.54) is 5.56 Å². The van der Waals surface area contributed by atoms with Crippen molar-refractivity contribution in [1.82, 2.24) is 25.4 Å². The molecule has 0 aliphatic carbocycles. The number of anilines is 4. The van der Waals surface area contributed by atoms with Gasteiger partial charge >= 0.3 is 0 Å². The van der Waals surface area contributed by atoms with E-state index in [1.807, 2.05) is 109 Å². The Balaban J connectivity index is 0.000000182. The van der Waals surface area contributed by atoms with E-state index in [-0.39, 0.29) is 17.4 Å². The number of nitrogens with one attached hydrogen (secondary N) is 1. The van der Waals surface area contributed by atoms with Crippen molar-refractivity contribution < 1.29 is 9.59 Å². The number of benzene rings is 4. The molecule has 0 aliphatic heterocycles. The summed E-state index contributed by atoms with van der Waals surface area (Å²) in [6.07, 6.45) is 3.59. The molecule has 3 heterocycles. The van der Waals surface area contributed by atoms with Gasteiger partial charge in [0.25, 0.3) is 0 Å². The minimum Gasteiger partial charge on any atom is -0.396 e. The smallest absolute Gasteiger partial charge is 0.203 e. The molecule has 0 saturated carbocycles. The molecule has 11 heteroatoms. The summed E-state index contributed by atoms with van der Waals surface area (Å²) >= 11 is 0. The number of nitrogens with two attached hydrogens (primary N) is 4. The summed E-state index contributed by atoms with van der Waals surface area (Å²) in [6, 6.07) is 38.9. The first-order valence-electron chi connectivity index (χ1n) is 17.3. The van der Waals surface area contributed by atoms with Gasteiger partial charge in [-0.3, -0.25) is 9.59 Å². The van der Waals surface area contributed by atoms with Gasteiger partial charge in [-0.15, -0.1) is 5.10 Å². The molecule has 7 rings (SSSR count). The van der Waals surface area contributed by atoms with Crippen molar-refractivity contribution in [3.8, 4) is 0 Å². The summed E-state index contributed by atoms with van der Waals surface area (Å²) in [4.78, 5) is 33.2. The second kappa shape index (κ2) is 16.9. The van der Waals surface area contributed by atoms with Crippen LogP contribution in [-0.4, -0.2) is 36.9 Å². The lowest BCUT2D eigenvalue weighted by Crippen LogP contribution is -2.06. The summed E-state index contributed by atoms with van der Waals surface area (Å²) in [5.74, 6) is 1.23. The van der Waals surface area contributed by atoms with Gasteiger partial charge in [-0.2, -0.15) is 10.3 Å². The van der Waals surface area contributed by atoms with Crippen molar-refractivity contribution in [3.05, 3.63) is 166 Å². The number of carbonyl (C=O) groups excluding carboxylic acids is 2. The van der Waals surface area contributed by atoms with E-state index in [0.29, 0.717) is 59.7 Å². The van der Waals surface area contributed by atoms with Gasteiger partial charge < -0.3 is 22.9 Å². The van der Waals surface area contributed by atoms with Gasteiger partial charge in [0.1, 0.15) is 23.0 Å². The third kappa shape index (κ3) is 9.67. The Morgan fingerprint density at radius 2 is 1.02 bits per heavy atom. The number of hydrogen-bond donors (Lipinski definition) is 5. The maximum Gasteiger partial charge on any atom is 0.203 e. The SMILES string of the molecule is Nc1cc(Cc2cccc(C(=O)CCc3ccccc3)c2)c(N)c(N)n1.Nc1cc(Cc2cccc(C(=O)CCc3ccccc3)c2)c2n[nH]nc2n1. The van der Waals surface area contributed by atoms with E-state index >= 15 is 0 Å². The van der Waals surface area contributed by atoms with E-state index < -0.39 is 0 Å². The number of carbonyl (C=O) groups is 2. The van der Waals surface area contributed by atoms with Crippen LogP contribution >= 0.6 is 0 Å². The second-order valence-electron chi connectivity index (χ2n) is 12.8. The molecule has 7 aromatic rings. The quantitative estimate of drug-likeness (QED) is 0.0865. The summed E-state index contributed by atoms with van der Waals surface area (Å²) < 4.78 is 0. The lowest BCUT2D eigenvalue weighted by atomic mass is 9.98. The molecule has 0 saturated heterocycles. The Bertz CT molecular complexity index is 2340. The zero-order valence-electron chi connectivity index (χ0n) is 29.2. The fraction of sp³-hybridized carbons (Fsp3) is 0.143. The number of H-pyrrole nitrogens is 1. The van der Waals surface area contributed by atoms with Crippen LogP contribution in [0, 0.1) is 0 Å². The predicted molar refractivity (Wildman–Crippen MR) is 210 cm³/mol. The molecular weight excluding hydrogens is 663 g/mol. The van der Waals surface area contributed by atoms with E-state index in [1.54, 1.807) is 12.1 Å². The Morgan fingerprint density at radius 1 is 0.528 bits per heavy atom. The highest BCUT2D eigenvalue weighted by Crippen LogP contribution is 2.24. The van der Waals surface area contributed by atoms with Crippen LogP contribution in [0.5, 0.6) is 0 Å². The van der Waals surface area contributed by atoms with Crippen LogP contribution in [0.4, 0.5) is 23.1 Å². The number of aromatic amines is 1. The monoisotopic (exact) mass is 703 g/mol. The Morgan fingerprint density at radius 3 is 1.58 bits per heavy atom. The fourth-order valence-corrected chi connectivity index (χ4v) is 6.10. The van der Waals surface area contributed by atoms with Gasteiger partial charge in [-0.1, -0.05) is 97.1 Å². The highest BCUT2D eigenvalue weighted by Gasteiger charge is 2.13. The number of fused-ring (bicyclic) bond motifs is 1. The molecule has 11 nitrogen and oxygen atoms in total. The van der Waals surface area contributed by atoms with E-state index in [0.717, 1.165) is 46.2 Å². The molecule has 0 unspecified atom stereocenters. The molecule has 0 aliphatic rings. The summed E-state index contributed by atoms with van der Waals surface area (Å²) in [5.41, 5.74) is 32.5. The molecule has 9 N–H and O–H groups in total. The minimum absolute atomic E-state index is 0.123. The fourth-order valence-electron chi connectivity index (χ4n) is 6.10. The van der Waals surface area contributed by atoms with Crippen LogP contribution in [0.1, 0.15) is 66.9 Å². The van der Waals surface area contributed by atoms with Gasteiger partial charge in [0.05, 0.1) is 5.69 Å². The zero-order valence-corrected chi connectivity index (χ0v) is 29.2. The van der Waals surface area contributed by atoms with E-state index in [4.69, 9.17) is 22.9 Å². The lowest BCUT2D eigenvalue weighted by molar-refractivity contribution is 0.0975. The van der Waals surface area contributed by atoms with Crippen molar-refractivity contribution in [2.45, 2.75) is 38.5 Å². The number of aryl methyl sites for hydroxylation is 2. The summed E-state index contributed by atoms with van der Waals surface area (Å²) in [5, 5.41) is 10.7. The van der Waals surface area contributed by atoms with Crippen molar-refractivity contribution >= 4 is 45.9 Å². The molecular formula is C42H41N9O2. The molecule has 0 fully saturated rings. The number of nitrogens with zero attached hydrogens (tertiary/aromatic N) is 4. The average molecular weight is 704 g/mol. The van der Waals surface area contributed by atoms with Crippen molar-refractivity contribution in [2.75, 3.05) is 22.9 Å². The summed E-state index contributed by atoms with van der Waals surface area (Å²) in [7, 11) is 0. The Kier molecular flexibility index (Phi) is 11.4. The van der Waals surface area contributed by atoms with Gasteiger partial charge in [0.2, 0.25) is 5.65 Å². The third-order valence-corrected chi connectivity index (χ3v) is 8.84. The minimum atomic E-state index is 0.123. The Labute approximate surface area is 307 Å². The van der Waals surface area contributed by atoms with Gasteiger partial charge in [-0.25, -0.2) is 9.97 Å². The van der Waals surface area contributed by atoms with Crippen LogP contribution < -0.4 is 22.9 Å². The number of ketones is 2. The lowest BCUT2D eigenvalue weighted by Gasteiger charge is -2.10. The van der Waals surface area contributed by atoms with Crippen LogP contribution in [0.25, 0.3) is 11.2 Å². The highest BCUT2D eigenvalue weighted by atomic mass is 16.1. The molecule has 0 amide bonds. The predicted octanol–water partition coefficient (Wildman–Crippen LogP) is 6.58. The maximum atomic E-state index is 12.6. The molecule has 53 heavy (non-hydrogen) atoms. The molecule has 3 aromatic heterocycles. The molecule has 266 valence electrons. The first-order chi connectivity index (χ1) is 25.7. The van der Waals surface area contributed by atoms with Crippen molar-refractivity contribution in [1.29, 1.82) is 0 Å². The molecule has 0 atom stereocenters. The molecule has 4 aromatic carbocycles. The number of hydrogen-bond acceptors (Lipinski definition) is 10. The van der Waals surface area contributed by atoms with Crippen LogP contribution in [0.15, 0.2) is 121 Å². The normalized spacial score (nSPS) is 10.8. The summed E-state index contributed by atoms with van der Waals surface area (Å²) in [6.45, 7) is 0. The third-order valence-electron chi connectivity index (χ3n) is 8.84. The van der Waals surface area contributed by atoms with Crippen molar-refractivity contribution in [2.24, 2.45) is 0 Å². The Hall–Kier alpha value is -6.88. The zero-order chi connectivity index (χ0) is 37.2. The van der Waals surface area contributed by atoms with E-state index in [9.17, 15) is 9.59 Å². The first kappa shape index (κ1) is 35.9. The van der Waals surface area contributed by atoms with Gasteiger partial charge in [-0.05, 0) is 83.3 Å². The van der Waals surface area contributed by atoms with Crippen molar-refractivity contribution in [3.63, 3.8) is 0 Å². The standard InChI is InChI=1S/C21H19N5O.C21H22N4O/c22-19-13-17(20-21(23-19)25-26-24-20)12-15-7-4-8-16(11-15)18(27)10-9-14-5-2-1-3-6-14;22-19-13-17(20(23)21(24)25-19)12-15-7-4-8-16(11-15)18(26)10-9-14-5-2-1-3-6-14/h1-8,11,13H,9-10,12H2,(H3,22,23,24,25,26);1-8,11,13H,9-10,12,23H2,(H4,22,24,25). The van der Waals surface area contributed by atoms with Crippen LogP contribution in [0.2, 0.25) is 0 Å². The topological polar surface area (TPSA) is 206 Å². The molecule has 0 radical (unpaired) electrons. The number of aromatic nitrogens is 5. The highest BCUT2D eigenvalue weighted by molar-refractivity contribution is 5.97. The molecule has 0 spiro atoms. The van der Waals surface area contributed by atoms with Gasteiger partial charge in [0.15, 0.2) is 11.6 Å². The second-order valence-corrected chi connectivity index (χ2v) is 12.8. The number of pyridine rings is 2. The van der Waals surface area contributed by atoms with Crippen LogP contribution in [-0.2, 0) is 25.7 Å². The van der Waals surface area contributed by atoms with E-state index in [2.05, 4.69) is 25.4 Å². The number of nitrogen functional groups attached to an aromatic ring is 4. The van der Waals surface area contributed by atoms with Gasteiger partial charge in [0, 0.05) is 24.0 Å².